The zero-order chi connectivity index (χ0) is 33.8. The number of aromatic nitrogens is 1. The molecule has 10 nitrogen and oxygen atoms in total. The number of piperidine rings is 1. The molecule has 44 heavy (non-hydrogen) atoms. The zero-order valence-corrected chi connectivity index (χ0v) is 26.4. The second kappa shape index (κ2) is 13.7. The summed E-state index contributed by atoms with van der Waals surface area (Å²) in [6.07, 6.45) is -4.26. The van der Waals surface area contributed by atoms with Crippen molar-refractivity contribution >= 4 is 29.1 Å². The number of amides is 3. The topological polar surface area (TPSA) is 158 Å². The zero-order valence-electron chi connectivity index (χ0n) is 26.4. The van der Waals surface area contributed by atoms with Gasteiger partial charge in [0.2, 0.25) is 12.3 Å². The quantitative estimate of drug-likeness (QED) is 0.416. The van der Waals surface area contributed by atoms with E-state index < -0.39 is 18.1 Å². The average Bonchev–Trinajstić information content (AvgIpc) is 3.23. The number of hydrogen-bond acceptors (Lipinski definition) is 6. The van der Waals surface area contributed by atoms with E-state index in [2.05, 4.69) is 62.5 Å². The van der Waals surface area contributed by atoms with E-state index in [1.165, 1.54) is 0 Å². The second-order valence-corrected chi connectivity index (χ2v) is 12.9. The van der Waals surface area contributed by atoms with Gasteiger partial charge in [0.1, 0.15) is 11.8 Å². The highest BCUT2D eigenvalue weighted by molar-refractivity contribution is 5.82. The number of pyridine rings is 1. The summed E-state index contributed by atoms with van der Waals surface area (Å²) in [5.41, 5.74) is 6.19. The number of methoxy groups -OCH3 is 1. The fourth-order valence-electron chi connectivity index (χ4n) is 5.16. The van der Waals surface area contributed by atoms with Gasteiger partial charge < -0.3 is 25.7 Å². The van der Waals surface area contributed by atoms with E-state index in [1.54, 1.807) is 13.2 Å². The highest BCUT2D eigenvalue weighted by Gasteiger charge is 2.62. The summed E-state index contributed by atoms with van der Waals surface area (Å²) >= 11 is 0. The van der Waals surface area contributed by atoms with Gasteiger partial charge in [-0.15, -0.1) is 0 Å². The number of nitrogens with zero attached hydrogens (tertiary/aromatic N) is 2. The number of primary amides is 1. The number of likely N-dealkylation sites (tertiary alicyclic amines) is 1. The van der Waals surface area contributed by atoms with Crippen molar-refractivity contribution in [3.63, 3.8) is 0 Å². The van der Waals surface area contributed by atoms with Crippen LogP contribution in [0.2, 0.25) is 0 Å². The van der Waals surface area contributed by atoms with E-state index in [4.69, 9.17) is 14.8 Å². The number of carbonyl (C=O) groups is 3. The summed E-state index contributed by atoms with van der Waals surface area (Å²) in [4.78, 5) is 48.8. The summed E-state index contributed by atoms with van der Waals surface area (Å²) in [5, 5.41) is 12.1. The minimum Gasteiger partial charge on any atom is -0.496 e. The molecule has 4 atom stereocenters. The lowest BCUT2D eigenvalue weighted by Crippen LogP contribution is -2.40. The van der Waals surface area contributed by atoms with Crippen molar-refractivity contribution in [2.45, 2.75) is 67.1 Å². The van der Waals surface area contributed by atoms with Gasteiger partial charge in [-0.1, -0.05) is 41.5 Å². The molecule has 2 aromatic rings. The minimum atomic E-state index is -4.86. The Morgan fingerprint density at radius 2 is 1.77 bits per heavy atom. The van der Waals surface area contributed by atoms with Crippen LogP contribution in [-0.2, 0) is 20.8 Å². The number of fused-ring (bicyclic) bond motifs is 2. The standard InChI is InChI=1S/C15H15N3O3.C14H25NO.C2H2F3NO/c1-9-3-13-10(6-14(9)21-2)4-11(15(20)18-13)5-12(7-16)17-8-19;1-9(13(2,3)4)12(16)15-7-10-11(8-15)14(10,5)6;3-2(4,5)1(6)7/h3-4,6,8,12H,5H2,1-2H3,(H,17,19)(H,18,20);9-11H,7-8H2,1-6H3;(H2,6,7)/t12-;9?,10-,11?;/m00./s1. The van der Waals surface area contributed by atoms with Crippen LogP contribution < -0.4 is 21.3 Å². The van der Waals surface area contributed by atoms with Gasteiger partial charge in [0.05, 0.1) is 13.2 Å². The number of benzene rings is 1. The molecule has 2 fully saturated rings. The van der Waals surface area contributed by atoms with Gasteiger partial charge in [0, 0.05) is 41.9 Å². The van der Waals surface area contributed by atoms with Crippen LogP contribution in [0.1, 0.15) is 52.7 Å². The number of carbonyl (C=O) groups excluding carboxylic acids is 3. The Morgan fingerprint density at radius 3 is 2.20 bits per heavy atom. The van der Waals surface area contributed by atoms with Crippen molar-refractivity contribution in [1.82, 2.24) is 15.2 Å². The molecule has 2 unspecified atom stereocenters. The molecule has 1 aromatic carbocycles. The Morgan fingerprint density at radius 1 is 1.23 bits per heavy atom. The van der Waals surface area contributed by atoms with Crippen molar-refractivity contribution in [3.8, 4) is 11.8 Å². The fraction of sp³-hybridized carbons (Fsp3) is 0.581. The molecule has 2 aliphatic rings. The highest BCUT2D eigenvalue weighted by atomic mass is 19.4. The van der Waals surface area contributed by atoms with Crippen LogP contribution in [0.15, 0.2) is 23.0 Å². The lowest BCUT2D eigenvalue weighted by Gasteiger charge is -2.31. The van der Waals surface area contributed by atoms with E-state index in [9.17, 15) is 27.6 Å². The van der Waals surface area contributed by atoms with Crippen LogP contribution in [0.5, 0.6) is 5.75 Å². The fourth-order valence-corrected chi connectivity index (χ4v) is 5.16. The normalized spacial score (nSPS) is 19.5. The van der Waals surface area contributed by atoms with E-state index in [1.807, 2.05) is 25.1 Å². The summed E-state index contributed by atoms with van der Waals surface area (Å²) in [5.74, 6) is 0.492. The molecule has 0 radical (unpaired) electrons. The molecular weight excluding hydrogens is 579 g/mol. The van der Waals surface area contributed by atoms with Gasteiger partial charge in [-0.25, -0.2) is 0 Å². The van der Waals surface area contributed by atoms with E-state index in [0.717, 1.165) is 41.6 Å². The number of halogens is 3. The SMILES string of the molecule is CC(C(=O)N1CC2[C@H](C1)C2(C)C)C(C)(C)C.COc1cc2cc(C[C@@H](C#N)NC=O)c(=O)[nH]c2cc1C.NC(=O)C(F)(F)F. The molecule has 2 heterocycles. The first-order chi connectivity index (χ1) is 20.2. The molecule has 0 bridgehead atoms. The van der Waals surface area contributed by atoms with Crippen LogP contribution in [0, 0.1) is 46.8 Å². The van der Waals surface area contributed by atoms with E-state index in [0.29, 0.717) is 28.8 Å². The predicted molar refractivity (Wildman–Crippen MR) is 159 cm³/mol. The summed E-state index contributed by atoms with van der Waals surface area (Å²) < 4.78 is 37.4. The molecule has 1 aromatic heterocycles. The molecular formula is C31H42F3N5O5. The lowest BCUT2D eigenvalue weighted by atomic mass is 9.81. The third-order valence-electron chi connectivity index (χ3n) is 8.67. The Kier molecular flexibility index (Phi) is 11.2. The van der Waals surface area contributed by atoms with Crippen LogP contribution in [0.3, 0.4) is 0 Å². The van der Waals surface area contributed by atoms with Crippen LogP contribution in [-0.4, -0.2) is 60.5 Å². The van der Waals surface area contributed by atoms with E-state index in [-0.39, 0.29) is 23.3 Å². The smallest absolute Gasteiger partial charge is 0.470 e. The first-order valence-electron chi connectivity index (χ1n) is 14.1. The number of aromatic amines is 1. The minimum absolute atomic E-state index is 0.0827. The largest absolute Gasteiger partial charge is 0.496 e. The van der Waals surface area contributed by atoms with Crippen LogP contribution in [0.4, 0.5) is 13.2 Å². The Hall–Kier alpha value is -4.08. The number of nitrogens with one attached hydrogen (secondary N) is 2. The monoisotopic (exact) mass is 621 g/mol. The van der Waals surface area contributed by atoms with Crippen molar-refractivity contribution < 1.29 is 32.3 Å². The summed E-state index contributed by atoms with van der Waals surface area (Å²) in [6.45, 7) is 17.1. The van der Waals surface area contributed by atoms with Gasteiger partial charge in [0.15, 0.2) is 0 Å². The number of aryl methyl sites for hydroxylation is 1. The maximum atomic E-state index is 12.3. The van der Waals surface area contributed by atoms with Crippen LogP contribution in [0.25, 0.3) is 10.9 Å². The third kappa shape index (κ3) is 8.74. The van der Waals surface area contributed by atoms with Crippen LogP contribution >= 0.6 is 0 Å². The highest BCUT2D eigenvalue weighted by Crippen LogP contribution is 2.62. The number of alkyl halides is 3. The Bertz CT molecular complexity index is 1460. The molecule has 4 rings (SSSR count). The van der Waals surface area contributed by atoms with Crippen molar-refractivity contribution in [3.05, 3.63) is 39.7 Å². The van der Waals surface area contributed by atoms with Gasteiger partial charge in [-0.2, -0.15) is 18.4 Å². The lowest BCUT2D eigenvalue weighted by molar-refractivity contribution is -0.169. The number of hydrogen-bond donors (Lipinski definition) is 3. The molecule has 1 aliphatic heterocycles. The Labute approximate surface area is 255 Å². The summed E-state index contributed by atoms with van der Waals surface area (Å²) in [6, 6.07) is 6.60. The van der Waals surface area contributed by atoms with Gasteiger partial charge in [-0.05, 0) is 53.4 Å². The molecule has 4 N–H and O–H groups in total. The molecule has 1 aliphatic carbocycles. The Balaban J connectivity index is 0.000000259. The second-order valence-electron chi connectivity index (χ2n) is 12.9. The predicted octanol–water partition coefficient (Wildman–Crippen LogP) is 3.84. The number of ether oxygens (including phenoxy) is 1. The molecule has 1 saturated carbocycles. The number of nitriles is 1. The molecule has 3 amide bonds. The van der Waals surface area contributed by atoms with Gasteiger partial charge in [0.25, 0.3) is 5.56 Å². The first kappa shape index (κ1) is 36.1. The first-order valence-corrected chi connectivity index (χ1v) is 14.1. The van der Waals surface area contributed by atoms with Gasteiger partial charge in [-0.3, -0.25) is 19.2 Å². The van der Waals surface area contributed by atoms with Crippen molar-refractivity contribution in [2.75, 3.05) is 20.2 Å². The molecule has 242 valence electrons. The van der Waals surface area contributed by atoms with Crippen molar-refractivity contribution in [1.29, 1.82) is 5.26 Å². The molecule has 0 spiro atoms. The third-order valence-corrected chi connectivity index (χ3v) is 8.67. The van der Waals surface area contributed by atoms with Crippen molar-refractivity contribution in [2.24, 2.45) is 34.3 Å². The maximum Gasteiger partial charge on any atom is 0.470 e. The molecule has 13 heteroatoms. The number of H-pyrrole nitrogens is 1. The maximum absolute atomic E-state index is 12.3. The number of rotatable bonds is 6. The molecule has 1 saturated heterocycles. The number of nitrogens with two attached hydrogens (primary N) is 1. The van der Waals surface area contributed by atoms with E-state index >= 15 is 0 Å². The summed E-state index contributed by atoms with van der Waals surface area (Å²) in [7, 11) is 1.58. The van der Waals surface area contributed by atoms with Gasteiger partial charge >= 0.3 is 12.1 Å². The average molecular weight is 622 g/mol.